The van der Waals surface area contributed by atoms with Crippen LogP contribution in [-0.4, -0.2) is 26.5 Å². The summed E-state index contributed by atoms with van der Waals surface area (Å²) in [6.45, 7) is 6.31. The summed E-state index contributed by atoms with van der Waals surface area (Å²) in [6, 6.07) is 9.83. The van der Waals surface area contributed by atoms with Crippen LogP contribution in [-0.2, 0) is 6.54 Å². The zero-order valence-electron chi connectivity index (χ0n) is 16.6. The molecule has 1 aliphatic heterocycles. The molecular weight excluding hydrogens is 372 g/mol. The fourth-order valence-electron chi connectivity index (χ4n) is 4.09. The lowest BCUT2D eigenvalue weighted by molar-refractivity contribution is 0.588. The first-order chi connectivity index (χ1) is 13.6. The molecular formula is C22H27ClN4O. The molecule has 2 aromatic heterocycles. The highest BCUT2D eigenvalue weighted by Crippen LogP contribution is 2.27. The Balaban J connectivity index is 1.85. The van der Waals surface area contributed by atoms with Crippen LogP contribution in [0.2, 0.25) is 5.02 Å². The van der Waals surface area contributed by atoms with Crippen molar-refractivity contribution in [1.29, 1.82) is 0 Å². The van der Waals surface area contributed by atoms with Crippen molar-refractivity contribution in [3.8, 4) is 11.3 Å². The molecule has 1 aliphatic rings. The third-order valence-electron chi connectivity index (χ3n) is 5.67. The number of aryl methyl sites for hydroxylation is 1. The maximum atomic E-state index is 12.9. The molecule has 0 saturated carbocycles. The number of nitrogens with zero attached hydrogens (tertiary/aromatic N) is 4. The summed E-state index contributed by atoms with van der Waals surface area (Å²) in [5.74, 6) is 1.73. The number of halogens is 1. The monoisotopic (exact) mass is 398 g/mol. The molecule has 0 bridgehead atoms. The SMILES string of the molecule is CCCCCn1c(N2CCC[C@H]2C)cc(=O)n2cc(-c3ccc(Cl)cc3)nc12. The fraction of sp³-hybridized carbons (Fsp3) is 0.455. The van der Waals surface area contributed by atoms with Gasteiger partial charge in [-0.3, -0.25) is 13.8 Å². The molecule has 1 saturated heterocycles. The van der Waals surface area contributed by atoms with Gasteiger partial charge in [-0.2, -0.15) is 0 Å². The summed E-state index contributed by atoms with van der Waals surface area (Å²) in [6.07, 6.45) is 7.58. The number of unbranched alkanes of at least 4 members (excludes halogenated alkanes) is 2. The van der Waals surface area contributed by atoms with Crippen molar-refractivity contribution in [2.45, 2.75) is 58.5 Å². The Morgan fingerprint density at radius 1 is 1.21 bits per heavy atom. The van der Waals surface area contributed by atoms with E-state index < -0.39 is 0 Å². The minimum atomic E-state index is -0.0245. The summed E-state index contributed by atoms with van der Waals surface area (Å²) in [5.41, 5.74) is 1.73. The van der Waals surface area contributed by atoms with Crippen molar-refractivity contribution < 1.29 is 0 Å². The number of hydrogen-bond donors (Lipinski definition) is 0. The number of imidazole rings is 1. The number of rotatable bonds is 6. The van der Waals surface area contributed by atoms with E-state index in [0.29, 0.717) is 11.1 Å². The van der Waals surface area contributed by atoms with Crippen molar-refractivity contribution in [2.75, 3.05) is 11.4 Å². The van der Waals surface area contributed by atoms with Crippen molar-refractivity contribution in [3.05, 3.63) is 51.9 Å². The zero-order chi connectivity index (χ0) is 19.7. The van der Waals surface area contributed by atoms with E-state index in [9.17, 15) is 4.79 Å². The Labute approximate surface area is 170 Å². The van der Waals surface area contributed by atoms with Gasteiger partial charge in [-0.25, -0.2) is 4.98 Å². The van der Waals surface area contributed by atoms with Crippen LogP contribution in [0.5, 0.6) is 0 Å². The molecule has 3 heterocycles. The molecule has 0 N–H and O–H groups in total. The number of aromatic nitrogens is 3. The van der Waals surface area contributed by atoms with Crippen LogP contribution in [0.1, 0.15) is 46.0 Å². The molecule has 6 heteroatoms. The Kier molecular flexibility index (Phi) is 5.44. The fourth-order valence-corrected chi connectivity index (χ4v) is 4.22. The van der Waals surface area contributed by atoms with E-state index in [1.165, 1.54) is 12.8 Å². The second kappa shape index (κ2) is 8.00. The molecule has 5 nitrogen and oxygen atoms in total. The first-order valence-corrected chi connectivity index (χ1v) is 10.6. The first kappa shape index (κ1) is 19.1. The van der Waals surface area contributed by atoms with E-state index in [-0.39, 0.29) is 5.56 Å². The maximum Gasteiger partial charge on any atom is 0.261 e. The smallest absolute Gasteiger partial charge is 0.261 e. The summed E-state index contributed by atoms with van der Waals surface area (Å²) in [4.78, 5) is 20.1. The van der Waals surface area contributed by atoms with Crippen molar-refractivity contribution in [1.82, 2.24) is 14.0 Å². The van der Waals surface area contributed by atoms with Crippen LogP contribution >= 0.6 is 11.6 Å². The third kappa shape index (κ3) is 3.55. The van der Waals surface area contributed by atoms with Gasteiger partial charge in [0.2, 0.25) is 5.78 Å². The molecule has 0 aliphatic carbocycles. The van der Waals surface area contributed by atoms with E-state index in [0.717, 1.165) is 55.2 Å². The van der Waals surface area contributed by atoms with Crippen LogP contribution in [0.3, 0.4) is 0 Å². The highest BCUT2D eigenvalue weighted by Gasteiger charge is 2.25. The Bertz CT molecular complexity index is 1020. The zero-order valence-corrected chi connectivity index (χ0v) is 17.3. The molecule has 1 aromatic carbocycles. The van der Waals surface area contributed by atoms with E-state index in [4.69, 9.17) is 16.6 Å². The highest BCUT2D eigenvalue weighted by atomic mass is 35.5. The Hall–Kier alpha value is -2.27. The molecule has 1 fully saturated rings. The number of fused-ring (bicyclic) bond motifs is 1. The summed E-state index contributed by atoms with van der Waals surface area (Å²) in [5, 5.41) is 0.692. The van der Waals surface area contributed by atoms with Crippen LogP contribution in [0.4, 0.5) is 5.82 Å². The molecule has 0 amide bonds. The lowest BCUT2D eigenvalue weighted by Gasteiger charge is -2.27. The van der Waals surface area contributed by atoms with Gasteiger partial charge in [-0.15, -0.1) is 0 Å². The van der Waals surface area contributed by atoms with Gasteiger partial charge in [0.05, 0.1) is 5.69 Å². The van der Waals surface area contributed by atoms with E-state index in [1.807, 2.05) is 30.5 Å². The van der Waals surface area contributed by atoms with Gasteiger partial charge >= 0.3 is 0 Å². The largest absolute Gasteiger partial charge is 0.355 e. The average molecular weight is 399 g/mol. The molecule has 0 spiro atoms. The van der Waals surface area contributed by atoms with Gasteiger partial charge in [0.15, 0.2) is 0 Å². The Morgan fingerprint density at radius 2 is 2.00 bits per heavy atom. The number of benzene rings is 1. The topological polar surface area (TPSA) is 42.5 Å². The molecule has 3 aromatic rings. The first-order valence-electron chi connectivity index (χ1n) is 10.2. The standard InChI is InChI=1S/C22H27ClN4O/c1-3-4-5-12-26-20(25-13-6-7-16(25)2)14-21(28)27-15-19(24-22(26)27)17-8-10-18(23)11-9-17/h8-11,14-16H,3-7,12-13H2,1-2H3/t16-/m1/s1. The van der Waals surface area contributed by atoms with Crippen molar-refractivity contribution in [2.24, 2.45) is 0 Å². The molecule has 28 heavy (non-hydrogen) atoms. The van der Waals surface area contributed by atoms with E-state index >= 15 is 0 Å². The van der Waals surface area contributed by atoms with Gasteiger partial charge in [0.25, 0.3) is 5.56 Å². The maximum absolute atomic E-state index is 12.9. The summed E-state index contributed by atoms with van der Waals surface area (Å²) >= 11 is 6.02. The van der Waals surface area contributed by atoms with E-state index in [2.05, 4.69) is 23.3 Å². The quantitative estimate of drug-likeness (QED) is 0.549. The van der Waals surface area contributed by atoms with Gasteiger partial charge < -0.3 is 4.90 Å². The predicted molar refractivity (Wildman–Crippen MR) is 115 cm³/mol. The minimum absolute atomic E-state index is 0.0245. The Morgan fingerprint density at radius 3 is 2.68 bits per heavy atom. The van der Waals surface area contributed by atoms with Crippen LogP contribution in [0.15, 0.2) is 41.3 Å². The van der Waals surface area contributed by atoms with Crippen LogP contribution < -0.4 is 10.5 Å². The number of hydrogen-bond acceptors (Lipinski definition) is 3. The van der Waals surface area contributed by atoms with Crippen molar-refractivity contribution in [3.63, 3.8) is 0 Å². The summed E-state index contributed by atoms with van der Waals surface area (Å²) in [7, 11) is 0. The second-order valence-corrected chi connectivity index (χ2v) is 8.12. The normalized spacial score (nSPS) is 17.0. The molecule has 0 radical (unpaired) electrons. The third-order valence-corrected chi connectivity index (χ3v) is 5.92. The lowest BCUT2D eigenvalue weighted by atomic mass is 10.2. The minimum Gasteiger partial charge on any atom is -0.355 e. The van der Waals surface area contributed by atoms with Gasteiger partial charge in [0, 0.05) is 42.0 Å². The molecule has 0 unspecified atom stereocenters. The number of anilines is 1. The van der Waals surface area contributed by atoms with Gasteiger partial charge in [0.1, 0.15) is 5.82 Å². The van der Waals surface area contributed by atoms with Gasteiger partial charge in [-0.05, 0) is 38.3 Å². The highest BCUT2D eigenvalue weighted by molar-refractivity contribution is 6.30. The molecule has 4 rings (SSSR count). The average Bonchev–Trinajstić information content (AvgIpc) is 3.31. The predicted octanol–water partition coefficient (Wildman–Crippen LogP) is 5.00. The second-order valence-electron chi connectivity index (χ2n) is 7.69. The van der Waals surface area contributed by atoms with Crippen LogP contribution in [0.25, 0.3) is 17.0 Å². The van der Waals surface area contributed by atoms with Crippen LogP contribution in [0, 0.1) is 0 Å². The molecule has 1 atom stereocenters. The summed E-state index contributed by atoms with van der Waals surface area (Å²) < 4.78 is 3.92. The lowest BCUT2D eigenvalue weighted by Crippen LogP contribution is -2.32. The van der Waals surface area contributed by atoms with Crippen molar-refractivity contribution >= 4 is 23.2 Å². The molecule has 148 valence electrons. The van der Waals surface area contributed by atoms with E-state index in [1.54, 1.807) is 10.5 Å². The van der Waals surface area contributed by atoms with Gasteiger partial charge in [-0.1, -0.05) is 43.5 Å².